The Morgan fingerprint density at radius 2 is 1.70 bits per heavy atom. The zero-order valence-electron chi connectivity index (χ0n) is 26.4. The number of allylic oxidation sites excluding steroid dienone is 6. The molecule has 0 spiro atoms. The maximum atomic E-state index is 13.0. The highest BCUT2D eigenvalue weighted by Gasteiger charge is 2.50. The minimum absolute atomic E-state index is 0.0747. The topological polar surface area (TPSA) is 122 Å². The van der Waals surface area contributed by atoms with Crippen molar-refractivity contribution >= 4 is 17.3 Å². The van der Waals surface area contributed by atoms with Gasteiger partial charge in [0.2, 0.25) is 0 Å². The highest BCUT2D eigenvalue weighted by Crippen LogP contribution is 2.59. The number of hydrogen-bond donors (Lipinski definition) is 4. The third-order valence-corrected chi connectivity index (χ3v) is 10.5. The Labute approximate surface area is 256 Å². The second-order valence-electron chi connectivity index (χ2n) is 13.7. The van der Waals surface area contributed by atoms with Crippen LogP contribution in [0.4, 0.5) is 11.4 Å². The predicted molar refractivity (Wildman–Crippen MR) is 167 cm³/mol. The molecule has 8 heteroatoms. The Bertz CT molecular complexity index is 1240. The van der Waals surface area contributed by atoms with Crippen LogP contribution in [0.1, 0.15) is 96.3 Å². The van der Waals surface area contributed by atoms with E-state index in [4.69, 9.17) is 4.74 Å². The van der Waals surface area contributed by atoms with E-state index in [-0.39, 0.29) is 16.9 Å². The monoisotopic (exact) mass is 594 g/mol. The van der Waals surface area contributed by atoms with Crippen LogP contribution in [-0.2, 0) is 4.74 Å². The van der Waals surface area contributed by atoms with Crippen molar-refractivity contribution in [2.24, 2.45) is 35.0 Å². The second-order valence-corrected chi connectivity index (χ2v) is 13.7. The van der Waals surface area contributed by atoms with Crippen LogP contribution in [0.2, 0.25) is 0 Å². The number of ether oxygens (including phenoxy) is 1. The van der Waals surface area contributed by atoms with Gasteiger partial charge in [0.05, 0.1) is 11.6 Å². The van der Waals surface area contributed by atoms with Crippen molar-refractivity contribution < 1.29 is 30.4 Å². The highest BCUT2D eigenvalue weighted by atomic mass is 16.8. The molecule has 7 unspecified atom stereocenters. The van der Waals surface area contributed by atoms with Gasteiger partial charge in [0, 0.05) is 18.6 Å². The first-order valence-electron chi connectivity index (χ1n) is 15.9. The fourth-order valence-electron chi connectivity index (χ4n) is 7.54. The molecule has 4 rings (SSSR count). The summed E-state index contributed by atoms with van der Waals surface area (Å²) in [5, 5.41) is 39.0. The Hall–Kier alpha value is -2.59. The summed E-state index contributed by atoms with van der Waals surface area (Å²) in [6, 6.07) is 3.36. The van der Waals surface area contributed by atoms with Gasteiger partial charge in [-0.2, -0.15) is 10.5 Å². The van der Waals surface area contributed by atoms with Gasteiger partial charge in [-0.05, 0) is 85.5 Å². The number of quaternary nitrogens is 2. The normalized spacial score (nSPS) is 30.9. The first kappa shape index (κ1) is 33.3. The van der Waals surface area contributed by atoms with Crippen molar-refractivity contribution in [1.82, 2.24) is 0 Å². The summed E-state index contributed by atoms with van der Waals surface area (Å²) in [6.07, 6.45) is 16.9. The summed E-state index contributed by atoms with van der Waals surface area (Å²) < 4.78 is 5.76. The molecule has 0 amide bonds. The Balaban J connectivity index is 1.46. The lowest BCUT2D eigenvalue weighted by Crippen LogP contribution is -3.00. The summed E-state index contributed by atoms with van der Waals surface area (Å²) >= 11 is 0. The number of rotatable bonds is 9. The standard InChI is InChI=1S/C35H50N2O6/c1-22(2)23(3)9-10-25(5)32-15-16-33-26(8-7-17-35(32,33)6)12-13-27-20-31(14-11-24(27)4)43-34(38)28-18-29(36(39)40)21-30(19-28)37(41)42/h9-10,12-13,18-19,21-23,25,31-33,36-37,39,41H,4,7-8,11,14-17,20H2,1-3,5-6H3/b10-9+,26-12?,27-13+/t23?,25?,31?,32?,33?,35-/m1/s1. The molecule has 0 radical (unpaired) electrons. The van der Waals surface area contributed by atoms with Crippen molar-refractivity contribution in [3.8, 4) is 0 Å². The van der Waals surface area contributed by atoms with E-state index in [1.165, 1.54) is 31.3 Å². The van der Waals surface area contributed by atoms with E-state index in [2.05, 4.69) is 65.5 Å². The van der Waals surface area contributed by atoms with Crippen molar-refractivity contribution in [1.29, 1.82) is 0 Å². The van der Waals surface area contributed by atoms with Crippen molar-refractivity contribution in [3.63, 3.8) is 0 Å². The zero-order valence-corrected chi connectivity index (χ0v) is 26.4. The Morgan fingerprint density at radius 1 is 1.02 bits per heavy atom. The molecule has 0 heterocycles. The van der Waals surface area contributed by atoms with E-state index in [0.717, 1.165) is 35.8 Å². The van der Waals surface area contributed by atoms with Gasteiger partial charge in [-0.3, -0.25) is 0 Å². The number of carbonyl (C=O) groups is 1. The SMILES string of the molecule is C=C1CCC(OC(=O)c2cc([NH+]([O-])O)cc([NH+]([O-])O)c2)C/C1=C\C=C1CCC[C@@]2(C)C1CCC2C(C)/C=C/C(C)C(C)C. The van der Waals surface area contributed by atoms with Gasteiger partial charge in [-0.1, -0.05) is 76.6 Å². The Morgan fingerprint density at radius 3 is 2.33 bits per heavy atom. The highest BCUT2D eigenvalue weighted by molar-refractivity contribution is 5.91. The number of nitrogens with one attached hydrogen (secondary N) is 2. The molecule has 3 fully saturated rings. The lowest BCUT2D eigenvalue weighted by atomic mass is 9.61. The maximum Gasteiger partial charge on any atom is 0.338 e. The third-order valence-electron chi connectivity index (χ3n) is 10.5. The first-order valence-corrected chi connectivity index (χ1v) is 15.9. The minimum Gasteiger partial charge on any atom is -0.595 e. The molecule has 8 nitrogen and oxygen atoms in total. The van der Waals surface area contributed by atoms with Crippen LogP contribution in [0.25, 0.3) is 0 Å². The van der Waals surface area contributed by atoms with E-state index in [0.29, 0.717) is 54.3 Å². The molecule has 3 aliphatic carbocycles. The fourth-order valence-corrected chi connectivity index (χ4v) is 7.54. The smallest absolute Gasteiger partial charge is 0.338 e. The molecule has 3 aliphatic rings. The van der Waals surface area contributed by atoms with Gasteiger partial charge in [0.25, 0.3) is 0 Å². The van der Waals surface area contributed by atoms with E-state index >= 15 is 0 Å². The van der Waals surface area contributed by atoms with E-state index in [1.54, 1.807) is 0 Å². The molecule has 43 heavy (non-hydrogen) atoms. The molecular formula is C35H50N2O6. The molecule has 1 aromatic carbocycles. The molecule has 0 saturated heterocycles. The number of fused-ring (bicyclic) bond motifs is 1. The number of benzene rings is 1. The Kier molecular flexibility index (Phi) is 10.9. The predicted octanol–water partition coefficient (Wildman–Crippen LogP) is 6.31. The molecule has 236 valence electrons. The van der Waals surface area contributed by atoms with E-state index < -0.39 is 22.5 Å². The molecule has 0 aromatic heterocycles. The van der Waals surface area contributed by atoms with Gasteiger partial charge in [0.15, 0.2) is 11.4 Å². The van der Waals surface area contributed by atoms with Gasteiger partial charge in [-0.15, -0.1) is 0 Å². The summed E-state index contributed by atoms with van der Waals surface area (Å²) in [7, 11) is 0. The first-order chi connectivity index (χ1) is 20.3. The molecule has 1 aromatic rings. The summed E-state index contributed by atoms with van der Waals surface area (Å²) in [5.41, 5.74) is 3.34. The van der Waals surface area contributed by atoms with Gasteiger partial charge < -0.3 is 15.2 Å². The zero-order chi connectivity index (χ0) is 31.5. The summed E-state index contributed by atoms with van der Waals surface area (Å²) in [5.74, 6) is 2.34. The average Bonchev–Trinajstić information content (AvgIpc) is 3.33. The van der Waals surface area contributed by atoms with Crippen LogP contribution in [0, 0.1) is 45.4 Å². The number of hydrogen-bond acceptors (Lipinski definition) is 6. The van der Waals surface area contributed by atoms with E-state index in [1.807, 2.05) is 0 Å². The molecule has 3 saturated carbocycles. The van der Waals surface area contributed by atoms with E-state index in [9.17, 15) is 25.6 Å². The molecule has 0 bridgehead atoms. The lowest BCUT2D eigenvalue weighted by Gasteiger charge is -2.44. The molecular weight excluding hydrogens is 544 g/mol. The van der Waals surface area contributed by atoms with Crippen LogP contribution < -0.4 is 10.5 Å². The largest absolute Gasteiger partial charge is 0.595 e. The van der Waals surface area contributed by atoms with Crippen LogP contribution in [-0.4, -0.2) is 22.5 Å². The van der Waals surface area contributed by atoms with Crippen LogP contribution in [0.3, 0.4) is 0 Å². The van der Waals surface area contributed by atoms with Crippen molar-refractivity contribution in [2.75, 3.05) is 0 Å². The third kappa shape index (κ3) is 7.74. The molecule has 8 atom stereocenters. The van der Waals surface area contributed by atoms with Crippen LogP contribution in [0.5, 0.6) is 0 Å². The number of carbonyl (C=O) groups excluding carboxylic acids is 1. The summed E-state index contributed by atoms with van der Waals surface area (Å²) in [4.78, 5) is 13.0. The van der Waals surface area contributed by atoms with Crippen LogP contribution >= 0.6 is 0 Å². The second kappa shape index (κ2) is 14.0. The van der Waals surface area contributed by atoms with Crippen molar-refractivity contribution in [3.05, 3.63) is 81.8 Å². The summed E-state index contributed by atoms with van der Waals surface area (Å²) in [6.45, 7) is 16.1. The molecule has 0 aliphatic heterocycles. The quantitative estimate of drug-likeness (QED) is 0.151. The van der Waals surface area contributed by atoms with Crippen LogP contribution in [0.15, 0.2) is 65.8 Å². The van der Waals surface area contributed by atoms with Gasteiger partial charge in [0.1, 0.15) is 6.10 Å². The van der Waals surface area contributed by atoms with Crippen molar-refractivity contribution in [2.45, 2.75) is 92.1 Å². The maximum absolute atomic E-state index is 13.0. The lowest BCUT2D eigenvalue weighted by molar-refractivity contribution is -0.996. The number of esters is 1. The van der Waals surface area contributed by atoms with Gasteiger partial charge >= 0.3 is 5.97 Å². The fraction of sp³-hybridized carbons (Fsp3) is 0.571. The minimum atomic E-state index is -1.30. The average molecular weight is 595 g/mol. The van der Waals surface area contributed by atoms with Gasteiger partial charge in [-0.25, -0.2) is 15.2 Å². The molecule has 4 N–H and O–H groups in total.